The number of amides is 1. The molecule has 1 aromatic heterocycles. The number of carbonyl (C=O) groups is 2. The summed E-state index contributed by atoms with van der Waals surface area (Å²) in [5.41, 5.74) is 1.63. The minimum atomic E-state index is -0.351. The van der Waals surface area contributed by atoms with Crippen molar-refractivity contribution in [3.63, 3.8) is 0 Å². The van der Waals surface area contributed by atoms with Crippen LogP contribution in [0, 0.1) is 0 Å². The average molecular weight is 381 g/mol. The van der Waals surface area contributed by atoms with Crippen molar-refractivity contribution in [2.45, 2.75) is 58.2 Å². The third kappa shape index (κ3) is 4.45. The van der Waals surface area contributed by atoms with Crippen LogP contribution in [-0.4, -0.2) is 55.7 Å². The number of esters is 1. The van der Waals surface area contributed by atoms with Crippen molar-refractivity contribution in [1.82, 2.24) is 4.90 Å². The Morgan fingerprint density at radius 1 is 1.23 bits per heavy atom. The fourth-order valence-corrected chi connectivity index (χ4v) is 5.18. The molecule has 1 aliphatic heterocycles. The summed E-state index contributed by atoms with van der Waals surface area (Å²) in [6, 6.07) is 0. The zero-order valence-corrected chi connectivity index (χ0v) is 16.6. The van der Waals surface area contributed by atoms with E-state index in [1.54, 1.807) is 0 Å². The number of thiophene rings is 1. The van der Waals surface area contributed by atoms with E-state index in [0.29, 0.717) is 23.5 Å². The smallest absolute Gasteiger partial charge is 0.341 e. The Balaban J connectivity index is 1.64. The summed E-state index contributed by atoms with van der Waals surface area (Å²) >= 11 is 1.53. The van der Waals surface area contributed by atoms with Crippen LogP contribution in [0.2, 0.25) is 0 Å². The summed E-state index contributed by atoms with van der Waals surface area (Å²) in [5.74, 6) is -0.406. The molecule has 1 N–H and O–H groups in total. The Morgan fingerprint density at radius 3 is 2.62 bits per heavy atom. The lowest BCUT2D eigenvalue weighted by Gasteiger charge is -2.35. The van der Waals surface area contributed by atoms with Crippen LogP contribution in [0.4, 0.5) is 5.00 Å². The lowest BCUT2D eigenvalue weighted by Crippen LogP contribution is -2.46. The van der Waals surface area contributed by atoms with Crippen LogP contribution in [0.3, 0.4) is 0 Å². The number of morpholine rings is 1. The van der Waals surface area contributed by atoms with E-state index in [0.717, 1.165) is 44.3 Å². The normalized spacial score (nSPS) is 23.3. The SMILES string of the molecule is COC(=O)c1c(NC(=O)CCN2CC(C)OC(C)C2)sc2c1CCCC2. The number of aryl methyl sites for hydroxylation is 1. The number of carbonyl (C=O) groups excluding carboxylic acids is 2. The third-order valence-corrected chi connectivity index (χ3v) is 6.17. The molecular weight excluding hydrogens is 352 g/mol. The van der Waals surface area contributed by atoms with Gasteiger partial charge in [-0.3, -0.25) is 9.69 Å². The lowest BCUT2D eigenvalue weighted by molar-refractivity contribution is -0.117. The van der Waals surface area contributed by atoms with Gasteiger partial charge in [0.25, 0.3) is 0 Å². The van der Waals surface area contributed by atoms with E-state index in [9.17, 15) is 9.59 Å². The van der Waals surface area contributed by atoms with Gasteiger partial charge < -0.3 is 14.8 Å². The van der Waals surface area contributed by atoms with E-state index in [1.165, 1.54) is 23.3 Å². The molecule has 1 aromatic rings. The summed E-state index contributed by atoms with van der Waals surface area (Å²) in [6.07, 6.45) is 4.86. The molecule has 0 bridgehead atoms. The van der Waals surface area contributed by atoms with E-state index in [1.807, 2.05) is 0 Å². The minimum absolute atomic E-state index is 0.0550. The molecule has 1 fully saturated rings. The first-order valence-electron chi connectivity index (χ1n) is 9.38. The molecule has 1 aliphatic carbocycles. The Kier molecular flexibility index (Phi) is 6.32. The van der Waals surface area contributed by atoms with Crippen molar-refractivity contribution < 1.29 is 19.1 Å². The van der Waals surface area contributed by atoms with E-state index in [2.05, 4.69) is 24.1 Å². The lowest BCUT2D eigenvalue weighted by atomic mass is 9.95. The largest absolute Gasteiger partial charge is 0.465 e. The molecule has 1 saturated heterocycles. The van der Waals surface area contributed by atoms with E-state index < -0.39 is 0 Å². The van der Waals surface area contributed by atoms with Crippen molar-refractivity contribution in [1.29, 1.82) is 0 Å². The van der Waals surface area contributed by atoms with Crippen LogP contribution in [0.25, 0.3) is 0 Å². The Hall–Kier alpha value is -1.44. The second kappa shape index (κ2) is 8.50. The number of nitrogens with zero attached hydrogens (tertiary/aromatic N) is 1. The van der Waals surface area contributed by atoms with Crippen molar-refractivity contribution in [3.8, 4) is 0 Å². The zero-order valence-electron chi connectivity index (χ0n) is 15.8. The molecule has 6 nitrogen and oxygen atoms in total. The van der Waals surface area contributed by atoms with Gasteiger partial charge in [0.1, 0.15) is 5.00 Å². The predicted molar refractivity (Wildman–Crippen MR) is 102 cm³/mol. The summed E-state index contributed by atoms with van der Waals surface area (Å²) in [5, 5.41) is 3.62. The first-order valence-corrected chi connectivity index (χ1v) is 10.2. The highest BCUT2D eigenvalue weighted by molar-refractivity contribution is 7.17. The highest BCUT2D eigenvalue weighted by Gasteiger charge is 2.27. The van der Waals surface area contributed by atoms with Gasteiger partial charge in [0, 0.05) is 30.9 Å². The summed E-state index contributed by atoms with van der Waals surface area (Å²) in [7, 11) is 1.39. The van der Waals surface area contributed by atoms with Crippen LogP contribution in [0.1, 0.15) is 53.9 Å². The van der Waals surface area contributed by atoms with Crippen LogP contribution >= 0.6 is 11.3 Å². The maximum atomic E-state index is 12.5. The molecule has 144 valence electrons. The topological polar surface area (TPSA) is 67.9 Å². The van der Waals surface area contributed by atoms with Crippen LogP contribution in [0.5, 0.6) is 0 Å². The highest BCUT2D eigenvalue weighted by atomic mass is 32.1. The number of nitrogens with one attached hydrogen (secondary N) is 1. The number of hydrogen-bond acceptors (Lipinski definition) is 6. The van der Waals surface area contributed by atoms with Gasteiger partial charge in [-0.1, -0.05) is 0 Å². The summed E-state index contributed by atoms with van der Waals surface area (Å²) in [4.78, 5) is 28.2. The molecule has 2 atom stereocenters. The minimum Gasteiger partial charge on any atom is -0.465 e. The maximum Gasteiger partial charge on any atom is 0.341 e. The van der Waals surface area contributed by atoms with Crippen molar-refractivity contribution in [2.24, 2.45) is 0 Å². The molecule has 0 spiro atoms. The number of hydrogen-bond donors (Lipinski definition) is 1. The first-order chi connectivity index (χ1) is 12.5. The molecule has 26 heavy (non-hydrogen) atoms. The van der Waals surface area contributed by atoms with Gasteiger partial charge in [0.15, 0.2) is 0 Å². The second-order valence-electron chi connectivity index (χ2n) is 7.22. The molecular formula is C19H28N2O4S. The van der Waals surface area contributed by atoms with Crippen molar-refractivity contribution in [2.75, 3.05) is 32.1 Å². The molecule has 3 rings (SSSR count). The molecule has 0 saturated carbocycles. The first kappa shape index (κ1) is 19.3. The fourth-order valence-electron chi connectivity index (χ4n) is 3.89. The number of methoxy groups -OCH3 is 1. The van der Waals surface area contributed by atoms with Crippen LogP contribution < -0.4 is 5.32 Å². The Labute approximate surface area is 158 Å². The van der Waals surface area contributed by atoms with Gasteiger partial charge in [0.05, 0.1) is 24.9 Å². The number of fused-ring (bicyclic) bond motifs is 1. The monoisotopic (exact) mass is 380 g/mol. The van der Waals surface area contributed by atoms with Gasteiger partial charge in [-0.05, 0) is 45.1 Å². The highest BCUT2D eigenvalue weighted by Crippen LogP contribution is 2.38. The Bertz CT molecular complexity index is 663. The molecule has 7 heteroatoms. The summed E-state index contributed by atoms with van der Waals surface area (Å²) in [6.45, 7) is 6.50. The number of anilines is 1. The van der Waals surface area contributed by atoms with Gasteiger partial charge in [-0.15, -0.1) is 11.3 Å². The van der Waals surface area contributed by atoms with E-state index in [-0.39, 0.29) is 24.1 Å². The van der Waals surface area contributed by atoms with Gasteiger partial charge in [-0.25, -0.2) is 4.79 Å². The van der Waals surface area contributed by atoms with E-state index >= 15 is 0 Å². The van der Waals surface area contributed by atoms with Gasteiger partial charge in [0.2, 0.25) is 5.91 Å². The molecule has 2 heterocycles. The molecule has 0 aromatic carbocycles. The molecule has 1 amide bonds. The quantitative estimate of drug-likeness (QED) is 0.796. The van der Waals surface area contributed by atoms with Crippen LogP contribution in [0.15, 0.2) is 0 Å². The van der Waals surface area contributed by atoms with Crippen molar-refractivity contribution in [3.05, 3.63) is 16.0 Å². The van der Waals surface area contributed by atoms with Crippen LogP contribution in [-0.2, 0) is 27.1 Å². The van der Waals surface area contributed by atoms with E-state index in [4.69, 9.17) is 9.47 Å². The predicted octanol–water partition coefficient (Wildman–Crippen LogP) is 2.85. The molecule has 0 radical (unpaired) electrons. The summed E-state index contributed by atoms with van der Waals surface area (Å²) < 4.78 is 10.7. The number of rotatable bonds is 5. The third-order valence-electron chi connectivity index (χ3n) is 4.96. The number of ether oxygens (including phenoxy) is 2. The zero-order chi connectivity index (χ0) is 18.7. The molecule has 2 unspecified atom stereocenters. The molecule has 2 aliphatic rings. The van der Waals surface area contributed by atoms with Gasteiger partial charge in [-0.2, -0.15) is 0 Å². The average Bonchev–Trinajstić information content (AvgIpc) is 2.96. The van der Waals surface area contributed by atoms with Crippen molar-refractivity contribution >= 4 is 28.2 Å². The van der Waals surface area contributed by atoms with Gasteiger partial charge >= 0.3 is 5.97 Å². The Morgan fingerprint density at radius 2 is 1.92 bits per heavy atom. The maximum absolute atomic E-state index is 12.5. The second-order valence-corrected chi connectivity index (χ2v) is 8.33. The fraction of sp³-hybridized carbons (Fsp3) is 0.684. The standard InChI is InChI=1S/C19H28N2O4S/c1-12-10-21(11-13(2)25-12)9-8-16(22)20-18-17(19(23)24-3)14-6-4-5-7-15(14)26-18/h12-13H,4-11H2,1-3H3,(H,20,22).